The van der Waals surface area contributed by atoms with E-state index in [-0.39, 0.29) is 12.0 Å². The van der Waals surface area contributed by atoms with Gasteiger partial charge in [-0.05, 0) is 49.5 Å². The molecule has 1 aliphatic carbocycles. The number of para-hydroxylation sites is 1. The van der Waals surface area contributed by atoms with Crippen molar-refractivity contribution in [2.24, 2.45) is 0 Å². The predicted octanol–water partition coefficient (Wildman–Crippen LogP) is 5.16. The predicted molar refractivity (Wildman–Crippen MR) is 121 cm³/mol. The van der Waals surface area contributed by atoms with E-state index in [1.54, 1.807) is 0 Å². The molecule has 0 N–H and O–H groups in total. The monoisotopic (exact) mass is 404 g/mol. The lowest BCUT2D eigenvalue weighted by Gasteiger charge is -2.47. The molecule has 4 heteroatoms. The summed E-state index contributed by atoms with van der Waals surface area (Å²) in [4.78, 5) is 17.8. The fourth-order valence-electron chi connectivity index (χ4n) is 4.98. The molecule has 2 aromatic carbocycles. The quantitative estimate of drug-likeness (QED) is 0.623. The van der Waals surface area contributed by atoms with Crippen LogP contribution in [0.4, 0.5) is 5.69 Å². The van der Waals surface area contributed by atoms with Crippen LogP contribution in [0.25, 0.3) is 0 Å². The van der Waals surface area contributed by atoms with Crippen LogP contribution in [0.15, 0.2) is 71.9 Å². The summed E-state index contributed by atoms with van der Waals surface area (Å²) in [6, 6.07) is 21.0. The molecular weight excluding hydrogens is 372 g/mol. The van der Waals surface area contributed by atoms with Gasteiger partial charge in [0, 0.05) is 37.4 Å². The zero-order chi connectivity index (χ0) is 20.9. The first-order valence-corrected chi connectivity index (χ1v) is 11.2. The van der Waals surface area contributed by atoms with Crippen molar-refractivity contribution in [1.82, 2.24) is 4.90 Å². The van der Waals surface area contributed by atoms with Crippen LogP contribution in [0.5, 0.6) is 0 Å². The zero-order valence-corrected chi connectivity index (χ0v) is 18.1. The molecular formula is C26H32N2O2. The lowest BCUT2D eigenvalue weighted by atomic mass is 9.81. The SMILES string of the molecule is CCOC(=O)[C@@H]1CC(N(C)c2ccccc2)=C2CCCC[C@H]2N1Cc1ccccc1. The first-order chi connectivity index (χ1) is 14.7. The largest absolute Gasteiger partial charge is 0.465 e. The first-order valence-electron chi connectivity index (χ1n) is 11.2. The van der Waals surface area contributed by atoms with Crippen LogP contribution in [0, 0.1) is 0 Å². The van der Waals surface area contributed by atoms with Crippen molar-refractivity contribution in [1.29, 1.82) is 0 Å². The smallest absolute Gasteiger partial charge is 0.323 e. The molecule has 1 saturated carbocycles. The standard InChI is InChI=1S/C26H32N2O2/c1-3-30-26(29)25-18-24(27(2)21-14-8-5-9-15-21)22-16-10-11-17-23(22)28(25)19-20-12-6-4-7-13-20/h4-9,12-15,23,25H,3,10-11,16-19H2,1-2H3/t23-,25+/m1/s1. The van der Waals surface area contributed by atoms with Crippen LogP contribution in [-0.2, 0) is 16.1 Å². The second-order valence-electron chi connectivity index (χ2n) is 8.26. The molecule has 0 spiro atoms. The molecule has 0 saturated heterocycles. The van der Waals surface area contributed by atoms with Gasteiger partial charge in [0.25, 0.3) is 0 Å². The van der Waals surface area contributed by atoms with E-state index in [4.69, 9.17) is 4.74 Å². The maximum atomic E-state index is 13.1. The van der Waals surface area contributed by atoms with Crippen LogP contribution >= 0.6 is 0 Å². The van der Waals surface area contributed by atoms with Crippen molar-refractivity contribution in [3.63, 3.8) is 0 Å². The van der Waals surface area contributed by atoms with Gasteiger partial charge in [-0.1, -0.05) is 55.0 Å². The highest BCUT2D eigenvalue weighted by Crippen LogP contribution is 2.40. The minimum atomic E-state index is -0.252. The van der Waals surface area contributed by atoms with Crippen molar-refractivity contribution >= 4 is 11.7 Å². The van der Waals surface area contributed by atoms with Gasteiger partial charge in [0.1, 0.15) is 6.04 Å². The van der Waals surface area contributed by atoms with E-state index >= 15 is 0 Å². The van der Waals surface area contributed by atoms with Crippen LogP contribution < -0.4 is 4.90 Å². The number of carbonyl (C=O) groups excluding carboxylic acids is 1. The van der Waals surface area contributed by atoms with Gasteiger partial charge in [0.15, 0.2) is 0 Å². The number of anilines is 1. The number of nitrogens with zero attached hydrogens (tertiary/aromatic N) is 2. The Labute approximate surface area is 180 Å². The normalized spacial score (nSPS) is 21.8. The fraction of sp³-hybridized carbons (Fsp3) is 0.423. The van der Waals surface area contributed by atoms with Crippen LogP contribution in [0.3, 0.4) is 0 Å². The summed E-state index contributed by atoms with van der Waals surface area (Å²) in [7, 11) is 2.14. The number of fused-ring (bicyclic) bond motifs is 1. The number of benzene rings is 2. The minimum Gasteiger partial charge on any atom is -0.465 e. The summed E-state index contributed by atoms with van der Waals surface area (Å²) < 4.78 is 5.54. The summed E-state index contributed by atoms with van der Waals surface area (Å²) in [6.07, 6.45) is 5.34. The molecule has 2 aliphatic rings. The Morgan fingerprint density at radius 3 is 2.47 bits per heavy atom. The summed E-state index contributed by atoms with van der Waals surface area (Å²) in [5.41, 5.74) is 5.22. The van der Waals surface area contributed by atoms with Crippen molar-refractivity contribution in [3.05, 3.63) is 77.5 Å². The lowest BCUT2D eigenvalue weighted by Crippen LogP contribution is -2.53. The molecule has 0 radical (unpaired) electrons. The number of esters is 1. The molecule has 30 heavy (non-hydrogen) atoms. The number of ether oxygens (including phenoxy) is 1. The highest BCUT2D eigenvalue weighted by Gasteiger charge is 2.42. The van der Waals surface area contributed by atoms with E-state index in [2.05, 4.69) is 65.4 Å². The van der Waals surface area contributed by atoms with Crippen molar-refractivity contribution in [2.45, 2.75) is 57.7 Å². The molecule has 0 unspecified atom stereocenters. The summed E-state index contributed by atoms with van der Waals surface area (Å²) >= 11 is 0. The van der Waals surface area contributed by atoms with Gasteiger partial charge in [0.2, 0.25) is 0 Å². The molecule has 0 aromatic heterocycles. The molecule has 0 amide bonds. The van der Waals surface area contributed by atoms with E-state index in [1.165, 1.54) is 35.4 Å². The lowest BCUT2D eigenvalue weighted by molar-refractivity contribution is -0.151. The molecule has 1 heterocycles. The first kappa shape index (κ1) is 20.7. The zero-order valence-electron chi connectivity index (χ0n) is 18.1. The second kappa shape index (κ2) is 9.48. The highest BCUT2D eigenvalue weighted by molar-refractivity contribution is 5.77. The Balaban J connectivity index is 1.73. The number of carbonyl (C=O) groups is 1. The van der Waals surface area contributed by atoms with E-state index in [0.717, 1.165) is 19.4 Å². The fourth-order valence-corrected chi connectivity index (χ4v) is 4.98. The van der Waals surface area contributed by atoms with Crippen molar-refractivity contribution in [2.75, 3.05) is 18.6 Å². The Hall–Kier alpha value is -2.59. The minimum absolute atomic E-state index is 0.1000. The molecule has 1 fully saturated rings. The maximum Gasteiger partial charge on any atom is 0.323 e. The Bertz CT molecular complexity index is 878. The van der Waals surface area contributed by atoms with Gasteiger partial charge in [-0.3, -0.25) is 9.69 Å². The van der Waals surface area contributed by atoms with Gasteiger partial charge >= 0.3 is 5.97 Å². The van der Waals surface area contributed by atoms with Crippen LogP contribution in [-0.4, -0.2) is 36.6 Å². The summed E-state index contributed by atoms with van der Waals surface area (Å²) in [5.74, 6) is -0.1000. The number of hydrogen-bond acceptors (Lipinski definition) is 4. The van der Waals surface area contributed by atoms with Crippen molar-refractivity contribution in [3.8, 4) is 0 Å². The average Bonchev–Trinajstić information content (AvgIpc) is 2.80. The third kappa shape index (κ3) is 4.29. The average molecular weight is 405 g/mol. The Kier molecular flexibility index (Phi) is 6.53. The maximum absolute atomic E-state index is 13.1. The van der Waals surface area contributed by atoms with Gasteiger partial charge in [-0.2, -0.15) is 0 Å². The van der Waals surface area contributed by atoms with E-state index < -0.39 is 0 Å². The molecule has 2 atom stereocenters. The third-order valence-electron chi connectivity index (χ3n) is 6.45. The molecule has 4 nitrogen and oxygen atoms in total. The van der Waals surface area contributed by atoms with Crippen molar-refractivity contribution < 1.29 is 9.53 Å². The van der Waals surface area contributed by atoms with Crippen LogP contribution in [0.1, 0.15) is 44.6 Å². The molecule has 1 aliphatic heterocycles. The van der Waals surface area contributed by atoms with E-state index in [9.17, 15) is 4.79 Å². The summed E-state index contributed by atoms with van der Waals surface area (Å²) in [5, 5.41) is 0. The van der Waals surface area contributed by atoms with Gasteiger partial charge in [0.05, 0.1) is 6.61 Å². The molecule has 2 aromatic rings. The van der Waals surface area contributed by atoms with Crippen LogP contribution in [0.2, 0.25) is 0 Å². The molecule has 4 rings (SSSR count). The molecule has 0 bridgehead atoms. The van der Waals surface area contributed by atoms with Gasteiger partial charge in [-0.15, -0.1) is 0 Å². The van der Waals surface area contributed by atoms with E-state index in [0.29, 0.717) is 19.1 Å². The highest BCUT2D eigenvalue weighted by atomic mass is 16.5. The van der Waals surface area contributed by atoms with E-state index in [1.807, 2.05) is 19.1 Å². The summed E-state index contributed by atoms with van der Waals surface area (Å²) in [6.45, 7) is 3.08. The van der Waals surface area contributed by atoms with Gasteiger partial charge < -0.3 is 9.64 Å². The Morgan fingerprint density at radius 2 is 1.77 bits per heavy atom. The number of rotatable bonds is 6. The number of hydrogen-bond donors (Lipinski definition) is 0. The van der Waals surface area contributed by atoms with Gasteiger partial charge in [-0.25, -0.2) is 0 Å². The topological polar surface area (TPSA) is 32.8 Å². The Morgan fingerprint density at radius 1 is 1.07 bits per heavy atom. The third-order valence-corrected chi connectivity index (χ3v) is 6.45. The molecule has 158 valence electrons. The second-order valence-corrected chi connectivity index (χ2v) is 8.26.